The Morgan fingerprint density at radius 2 is 1.88 bits per heavy atom. The van der Waals surface area contributed by atoms with Gasteiger partial charge >= 0.3 is 5.97 Å². The Bertz CT molecular complexity index is 2460. The molecule has 6 aromatic rings. The van der Waals surface area contributed by atoms with Gasteiger partial charge in [0.1, 0.15) is 11.3 Å². The number of piperidine rings is 1. The SMILES string of the molecule is COC(=O)c1cc(=O)[nH]c2ccc(-c3cccc4cc(-c5nc6cc(C(=O)[C@]78CC[C@H](CN7)[C@H]8N)cc(OC)c6n5C)n(CC5CC5)c34)cc12. The summed E-state index contributed by atoms with van der Waals surface area (Å²) in [5.74, 6) is 1.66. The number of hydrogen-bond acceptors (Lipinski definition) is 8. The lowest BCUT2D eigenvalue weighted by atomic mass is 9.85. The second-order valence-corrected chi connectivity index (χ2v) is 14.2. The Hall–Kier alpha value is -5.26. The summed E-state index contributed by atoms with van der Waals surface area (Å²) in [7, 11) is 4.93. The first-order chi connectivity index (χ1) is 24.2. The highest BCUT2D eigenvalue weighted by atomic mass is 16.5. The highest BCUT2D eigenvalue weighted by molar-refractivity contribution is 6.08. The van der Waals surface area contributed by atoms with Crippen molar-refractivity contribution >= 4 is 44.6 Å². The number of benzene rings is 3. The van der Waals surface area contributed by atoms with Crippen molar-refractivity contribution in [1.82, 2.24) is 24.4 Å². The van der Waals surface area contributed by atoms with Crippen molar-refractivity contribution < 1.29 is 19.1 Å². The van der Waals surface area contributed by atoms with E-state index < -0.39 is 11.5 Å². The zero-order valence-corrected chi connectivity index (χ0v) is 28.2. The lowest BCUT2D eigenvalue weighted by Crippen LogP contribution is -2.56. The Kier molecular flexibility index (Phi) is 6.85. The number of fused-ring (bicyclic) bond motifs is 5. The van der Waals surface area contributed by atoms with Crippen molar-refractivity contribution in [3.8, 4) is 28.4 Å². The zero-order valence-electron chi connectivity index (χ0n) is 28.2. The summed E-state index contributed by atoms with van der Waals surface area (Å²) in [5.41, 5.74) is 12.2. The van der Waals surface area contributed by atoms with Crippen LogP contribution in [0.3, 0.4) is 0 Å². The van der Waals surface area contributed by atoms with Crippen molar-refractivity contribution in [2.75, 3.05) is 20.8 Å². The number of nitrogens with two attached hydrogens (primary N) is 1. The van der Waals surface area contributed by atoms with E-state index in [2.05, 4.69) is 37.6 Å². The summed E-state index contributed by atoms with van der Waals surface area (Å²) < 4.78 is 15.3. The molecule has 11 heteroatoms. The smallest absolute Gasteiger partial charge is 0.338 e. The molecule has 254 valence electrons. The number of para-hydroxylation sites is 1. The van der Waals surface area contributed by atoms with E-state index in [4.69, 9.17) is 20.2 Å². The quantitative estimate of drug-likeness (QED) is 0.149. The molecule has 2 bridgehead atoms. The first-order valence-corrected chi connectivity index (χ1v) is 17.2. The predicted octanol–water partition coefficient (Wildman–Crippen LogP) is 5.17. The van der Waals surface area contributed by atoms with Gasteiger partial charge in [0.15, 0.2) is 11.6 Å². The number of aromatic amines is 1. The highest BCUT2D eigenvalue weighted by Crippen LogP contribution is 2.44. The van der Waals surface area contributed by atoms with Crippen molar-refractivity contribution in [3.05, 3.63) is 82.1 Å². The summed E-state index contributed by atoms with van der Waals surface area (Å²) in [6.45, 7) is 1.58. The summed E-state index contributed by atoms with van der Waals surface area (Å²) >= 11 is 0. The van der Waals surface area contributed by atoms with Gasteiger partial charge in [0.25, 0.3) is 0 Å². The topological polar surface area (TPSA) is 146 Å². The summed E-state index contributed by atoms with van der Waals surface area (Å²) in [6, 6.07) is 18.9. The van der Waals surface area contributed by atoms with Crippen molar-refractivity contribution in [3.63, 3.8) is 0 Å². The Morgan fingerprint density at radius 3 is 2.58 bits per heavy atom. The van der Waals surface area contributed by atoms with Gasteiger partial charge in [0, 0.05) is 59.7 Å². The van der Waals surface area contributed by atoms with Crippen molar-refractivity contribution in [2.24, 2.45) is 24.6 Å². The van der Waals surface area contributed by atoms with Crippen LogP contribution in [0.15, 0.2) is 65.5 Å². The number of esters is 1. The van der Waals surface area contributed by atoms with Crippen LogP contribution in [0.4, 0.5) is 0 Å². The molecular formula is C39H38N6O5. The lowest BCUT2D eigenvalue weighted by Gasteiger charge is -2.29. The molecule has 3 aliphatic rings. The van der Waals surface area contributed by atoms with Crippen LogP contribution in [-0.4, -0.2) is 63.2 Å². The summed E-state index contributed by atoms with van der Waals surface area (Å²) in [6.07, 6.45) is 4.00. The van der Waals surface area contributed by atoms with E-state index in [0.717, 1.165) is 77.8 Å². The van der Waals surface area contributed by atoms with E-state index >= 15 is 0 Å². The zero-order chi connectivity index (χ0) is 34.5. The molecule has 4 N–H and O–H groups in total. The Balaban J connectivity index is 1.22. The number of carbonyl (C=O) groups is 2. The van der Waals surface area contributed by atoms with E-state index in [1.807, 2.05) is 43.4 Å². The molecule has 3 atom stereocenters. The van der Waals surface area contributed by atoms with E-state index in [-0.39, 0.29) is 22.9 Å². The number of imidazole rings is 1. The number of ketones is 1. The minimum absolute atomic E-state index is 0.000269. The monoisotopic (exact) mass is 670 g/mol. The maximum Gasteiger partial charge on any atom is 0.338 e. The molecule has 1 saturated heterocycles. The van der Waals surface area contributed by atoms with Gasteiger partial charge in [-0.3, -0.25) is 9.59 Å². The number of carbonyl (C=O) groups excluding carboxylic acids is 2. The summed E-state index contributed by atoms with van der Waals surface area (Å²) in [4.78, 5) is 47.1. The molecule has 50 heavy (non-hydrogen) atoms. The number of Topliss-reactive ketones (excluding diaryl/α,β-unsaturated/α-hetero) is 1. The highest BCUT2D eigenvalue weighted by Gasteiger charge is 2.56. The molecule has 2 saturated carbocycles. The second kappa shape index (κ2) is 11.1. The van der Waals surface area contributed by atoms with Crippen molar-refractivity contribution in [1.29, 1.82) is 0 Å². The Labute approximate surface area is 287 Å². The van der Waals surface area contributed by atoms with Gasteiger partial charge in [-0.25, -0.2) is 9.78 Å². The first kappa shape index (κ1) is 30.8. The van der Waals surface area contributed by atoms with Crippen LogP contribution >= 0.6 is 0 Å². The maximum atomic E-state index is 14.1. The fourth-order valence-corrected chi connectivity index (χ4v) is 8.53. The van der Waals surface area contributed by atoms with Gasteiger partial charge in [-0.15, -0.1) is 0 Å². The van der Waals surface area contributed by atoms with E-state index in [1.54, 1.807) is 7.11 Å². The Morgan fingerprint density at radius 1 is 1.04 bits per heavy atom. The number of hydrogen-bond donors (Lipinski definition) is 3. The second-order valence-electron chi connectivity index (χ2n) is 14.2. The van der Waals surface area contributed by atoms with Crippen LogP contribution in [0.5, 0.6) is 5.75 Å². The van der Waals surface area contributed by atoms with Crippen LogP contribution in [0.2, 0.25) is 0 Å². The average molecular weight is 671 g/mol. The number of H-pyrrole nitrogens is 1. The van der Waals surface area contributed by atoms with Crippen LogP contribution < -0.4 is 21.3 Å². The van der Waals surface area contributed by atoms with Gasteiger partial charge in [0.2, 0.25) is 5.56 Å². The molecular weight excluding hydrogens is 632 g/mol. The fourth-order valence-electron chi connectivity index (χ4n) is 8.53. The molecule has 0 radical (unpaired) electrons. The molecule has 2 aliphatic carbocycles. The number of aromatic nitrogens is 4. The lowest BCUT2D eigenvalue weighted by molar-refractivity contribution is 0.0602. The molecule has 9 rings (SSSR count). The number of aryl methyl sites for hydroxylation is 1. The molecule has 0 amide bonds. The molecule has 3 fully saturated rings. The van der Waals surface area contributed by atoms with Gasteiger partial charge in [-0.2, -0.15) is 0 Å². The number of nitrogens with one attached hydrogen (secondary N) is 2. The third-order valence-electron chi connectivity index (χ3n) is 11.3. The van der Waals surface area contributed by atoms with Crippen molar-refractivity contribution in [2.45, 2.75) is 43.8 Å². The minimum Gasteiger partial charge on any atom is -0.494 e. The molecule has 3 aromatic carbocycles. The minimum atomic E-state index is -0.746. The van der Waals surface area contributed by atoms with Gasteiger partial charge in [-0.1, -0.05) is 24.3 Å². The van der Waals surface area contributed by atoms with Crippen LogP contribution in [0.25, 0.3) is 55.5 Å². The van der Waals surface area contributed by atoms with Crippen LogP contribution in [-0.2, 0) is 18.3 Å². The van der Waals surface area contributed by atoms with Gasteiger partial charge in [-0.05, 0) is 73.4 Å². The maximum absolute atomic E-state index is 14.1. The molecule has 1 aliphatic heterocycles. The van der Waals surface area contributed by atoms with Crippen LogP contribution in [0.1, 0.15) is 46.4 Å². The van der Waals surface area contributed by atoms with E-state index in [0.29, 0.717) is 39.6 Å². The molecule has 0 unspecified atom stereocenters. The summed E-state index contributed by atoms with van der Waals surface area (Å²) in [5, 5.41) is 5.12. The third-order valence-corrected chi connectivity index (χ3v) is 11.3. The molecule has 3 aromatic heterocycles. The van der Waals surface area contributed by atoms with E-state index in [9.17, 15) is 14.4 Å². The number of rotatable bonds is 8. The molecule has 0 spiro atoms. The number of pyridine rings is 1. The van der Waals surface area contributed by atoms with Gasteiger partial charge < -0.3 is 34.6 Å². The van der Waals surface area contributed by atoms with E-state index in [1.165, 1.54) is 13.2 Å². The van der Waals surface area contributed by atoms with Gasteiger partial charge in [0.05, 0.1) is 42.0 Å². The average Bonchev–Trinajstić information content (AvgIpc) is 3.55. The predicted molar refractivity (Wildman–Crippen MR) is 192 cm³/mol. The normalized spacial score (nSPS) is 21.4. The third kappa shape index (κ3) is 4.49. The number of methoxy groups -OCH3 is 2. The van der Waals surface area contributed by atoms with Crippen LogP contribution in [0, 0.1) is 11.8 Å². The fraction of sp³-hybridized carbons (Fsp3) is 0.333. The first-order valence-electron chi connectivity index (χ1n) is 17.2. The standard InChI is InChI=1S/C39H38N6O5/c1-44-34-29(14-24(16-31(34)49-2)36(47)39-12-11-23(18-41-39)35(39)40)43-37(44)30-15-22-5-4-6-25(33(22)45(30)19-20-7-8-20)21-9-10-28-26(13-21)27(38(48)50-3)17-32(46)42-28/h4-6,9-10,13-17,20,23,35,41H,7-8,11-12,18-19,40H2,1-3H3,(H,42,46)/t23-,35-,39-/m1/s1. The number of nitrogens with zero attached hydrogens (tertiary/aromatic N) is 3. The molecule has 4 heterocycles. The largest absolute Gasteiger partial charge is 0.494 e. The molecule has 11 nitrogen and oxygen atoms in total. The number of ether oxygens (including phenoxy) is 2.